The minimum absolute atomic E-state index is 0.110. The van der Waals surface area contributed by atoms with Crippen LogP contribution < -0.4 is 23.8 Å². The SMILES string of the molecule is COc1ccc(/C2=N/CC(Cl)CN(C)c3cc(OC)c(OC)cc32)cc1OC. The molecule has 3 rings (SSSR count). The van der Waals surface area contributed by atoms with Gasteiger partial charge in [0.25, 0.3) is 0 Å². The predicted octanol–water partition coefficient (Wildman–Crippen LogP) is 3.62. The highest BCUT2D eigenvalue weighted by Gasteiger charge is 2.24. The fraction of sp³-hybridized carbons (Fsp3) is 0.381. The number of benzene rings is 2. The van der Waals surface area contributed by atoms with Crippen LogP contribution in [0.25, 0.3) is 0 Å². The summed E-state index contributed by atoms with van der Waals surface area (Å²) in [5, 5.41) is -0.110. The van der Waals surface area contributed by atoms with E-state index < -0.39 is 0 Å². The minimum Gasteiger partial charge on any atom is -0.493 e. The normalized spacial score (nSPS) is 18.3. The molecule has 28 heavy (non-hydrogen) atoms. The van der Waals surface area contributed by atoms with Crippen LogP contribution in [0.1, 0.15) is 11.1 Å². The van der Waals surface area contributed by atoms with Crippen LogP contribution >= 0.6 is 11.6 Å². The Morgan fingerprint density at radius 3 is 2.14 bits per heavy atom. The molecule has 1 unspecified atom stereocenters. The van der Waals surface area contributed by atoms with Crippen molar-refractivity contribution in [2.24, 2.45) is 4.99 Å². The number of nitrogens with zero attached hydrogens (tertiary/aromatic N) is 2. The second-order valence-corrected chi connectivity index (χ2v) is 7.08. The summed E-state index contributed by atoms with van der Waals surface area (Å²) >= 11 is 6.50. The van der Waals surface area contributed by atoms with Crippen LogP contribution in [0.4, 0.5) is 5.69 Å². The molecule has 1 aliphatic heterocycles. The first-order chi connectivity index (χ1) is 13.5. The predicted molar refractivity (Wildman–Crippen MR) is 113 cm³/mol. The van der Waals surface area contributed by atoms with Gasteiger partial charge in [0.15, 0.2) is 23.0 Å². The maximum Gasteiger partial charge on any atom is 0.162 e. The van der Waals surface area contributed by atoms with Crippen molar-refractivity contribution in [2.75, 3.05) is 53.5 Å². The summed E-state index contributed by atoms with van der Waals surface area (Å²) in [4.78, 5) is 6.95. The van der Waals surface area contributed by atoms with Crippen molar-refractivity contribution in [3.63, 3.8) is 0 Å². The van der Waals surface area contributed by atoms with E-state index in [4.69, 9.17) is 35.5 Å². The van der Waals surface area contributed by atoms with Crippen LogP contribution in [0.15, 0.2) is 35.3 Å². The Labute approximate surface area is 170 Å². The molecule has 1 heterocycles. The molecule has 0 saturated carbocycles. The number of ether oxygens (including phenoxy) is 4. The number of anilines is 1. The quantitative estimate of drug-likeness (QED) is 0.712. The molecule has 6 nitrogen and oxygen atoms in total. The number of methoxy groups -OCH3 is 4. The van der Waals surface area contributed by atoms with Crippen molar-refractivity contribution < 1.29 is 18.9 Å². The zero-order chi connectivity index (χ0) is 20.3. The lowest BCUT2D eigenvalue weighted by Crippen LogP contribution is -2.31. The number of fused-ring (bicyclic) bond motifs is 1. The van der Waals surface area contributed by atoms with Crippen LogP contribution in [-0.2, 0) is 0 Å². The Balaban J connectivity index is 2.23. The summed E-state index contributed by atoms with van der Waals surface area (Å²) in [7, 11) is 8.49. The zero-order valence-corrected chi connectivity index (χ0v) is 17.5. The van der Waals surface area contributed by atoms with Gasteiger partial charge in [-0.2, -0.15) is 0 Å². The molecule has 0 bridgehead atoms. The maximum absolute atomic E-state index is 6.50. The van der Waals surface area contributed by atoms with E-state index in [1.165, 1.54) is 0 Å². The van der Waals surface area contributed by atoms with Crippen LogP contribution in [0.5, 0.6) is 23.0 Å². The van der Waals surface area contributed by atoms with E-state index in [-0.39, 0.29) is 5.38 Å². The third-order valence-electron chi connectivity index (χ3n) is 4.74. The van der Waals surface area contributed by atoms with Gasteiger partial charge in [0, 0.05) is 36.5 Å². The number of rotatable bonds is 5. The highest BCUT2D eigenvalue weighted by molar-refractivity contribution is 6.22. The average molecular weight is 405 g/mol. The molecule has 0 N–H and O–H groups in total. The van der Waals surface area contributed by atoms with E-state index >= 15 is 0 Å². The van der Waals surface area contributed by atoms with Crippen molar-refractivity contribution >= 4 is 23.0 Å². The van der Waals surface area contributed by atoms with Crippen molar-refractivity contribution in [2.45, 2.75) is 5.38 Å². The molecule has 0 aromatic heterocycles. The molecule has 2 aromatic rings. The van der Waals surface area contributed by atoms with Crippen molar-refractivity contribution in [3.8, 4) is 23.0 Å². The lowest BCUT2D eigenvalue weighted by molar-refractivity contribution is 0.354. The van der Waals surface area contributed by atoms with Gasteiger partial charge < -0.3 is 23.8 Å². The molecule has 150 valence electrons. The first kappa shape index (κ1) is 20.1. The van der Waals surface area contributed by atoms with E-state index in [1.54, 1.807) is 28.4 Å². The fourth-order valence-electron chi connectivity index (χ4n) is 3.33. The van der Waals surface area contributed by atoms with E-state index in [9.17, 15) is 0 Å². The molecule has 0 fully saturated rings. The van der Waals surface area contributed by atoms with Crippen LogP contribution in [0.3, 0.4) is 0 Å². The topological polar surface area (TPSA) is 52.5 Å². The Kier molecular flexibility index (Phi) is 6.19. The highest BCUT2D eigenvalue weighted by atomic mass is 35.5. The number of aliphatic imine (C=N–C) groups is 1. The summed E-state index contributed by atoms with van der Waals surface area (Å²) in [5.41, 5.74) is 3.63. The van der Waals surface area contributed by atoms with Gasteiger partial charge in [0.2, 0.25) is 0 Å². The molecule has 1 atom stereocenters. The van der Waals surface area contributed by atoms with Gasteiger partial charge in [-0.05, 0) is 24.3 Å². The smallest absolute Gasteiger partial charge is 0.162 e. The lowest BCUT2D eigenvalue weighted by atomic mass is 9.97. The van der Waals surface area contributed by atoms with Gasteiger partial charge in [-0.15, -0.1) is 11.6 Å². The molecule has 0 spiro atoms. The van der Waals surface area contributed by atoms with Crippen LogP contribution in [-0.4, -0.2) is 59.7 Å². The van der Waals surface area contributed by atoms with E-state index in [1.807, 2.05) is 37.4 Å². The van der Waals surface area contributed by atoms with Crippen LogP contribution in [0.2, 0.25) is 0 Å². The van der Waals surface area contributed by atoms with Crippen molar-refractivity contribution in [1.82, 2.24) is 0 Å². The largest absolute Gasteiger partial charge is 0.493 e. The second-order valence-electron chi connectivity index (χ2n) is 6.46. The Morgan fingerprint density at radius 2 is 1.50 bits per heavy atom. The fourth-order valence-corrected chi connectivity index (χ4v) is 3.61. The first-order valence-electron chi connectivity index (χ1n) is 8.90. The van der Waals surface area contributed by atoms with E-state index in [2.05, 4.69) is 4.90 Å². The molecule has 0 radical (unpaired) electrons. The van der Waals surface area contributed by atoms with E-state index in [0.717, 1.165) is 22.5 Å². The first-order valence-corrected chi connectivity index (χ1v) is 9.34. The van der Waals surface area contributed by atoms with Gasteiger partial charge in [-0.3, -0.25) is 4.99 Å². The molecular formula is C21H25ClN2O4. The van der Waals surface area contributed by atoms with E-state index in [0.29, 0.717) is 36.1 Å². The molecule has 0 saturated heterocycles. The summed E-state index contributed by atoms with van der Waals surface area (Å²) in [5.74, 6) is 2.61. The highest BCUT2D eigenvalue weighted by Crippen LogP contribution is 2.38. The van der Waals surface area contributed by atoms with Gasteiger partial charge in [-0.1, -0.05) is 0 Å². The van der Waals surface area contributed by atoms with Crippen molar-refractivity contribution in [3.05, 3.63) is 41.5 Å². The standard InChI is InChI=1S/C21H25ClN2O4/c1-24-12-14(22)11-23-21(13-6-7-17(25-2)18(8-13)26-3)15-9-19(27-4)20(28-5)10-16(15)24/h6-10,14H,11-12H2,1-5H3/b23-21-. The van der Waals surface area contributed by atoms with Gasteiger partial charge in [0.05, 0.1) is 46.1 Å². The number of hydrogen-bond donors (Lipinski definition) is 0. The molecule has 2 aromatic carbocycles. The third-order valence-corrected chi connectivity index (χ3v) is 5.02. The van der Waals surface area contributed by atoms with Crippen LogP contribution in [0, 0.1) is 0 Å². The Morgan fingerprint density at radius 1 is 0.893 bits per heavy atom. The summed E-state index contributed by atoms with van der Waals surface area (Å²) < 4.78 is 21.9. The number of alkyl halides is 1. The maximum atomic E-state index is 6.50. The monoisotopic (exact) mass is 404 g/mol. The van der Waals surface area contributed by atoms with Gasteiger partial charge >= 0.3 is 0 Å². The number of halogens is 1. The molecular weight excluding hydrogens is 380 g/mol. The average Bonchev–Trinajstić information content (AvgIpc) is 2.71. The zero-order valence-electron chi connectivity index (χ0n) is 16.8. The molecule has 0 aliphatic carbocycles. The summed E-state index contributed by atoms with van der Waals surface area (Å²) in [6.07, 6.45) is 0. The number of hydrogen-bond acceptors (Lipinski definition) is 6. The lowest BCUT2D eigenvalue weighted by Gasteiger charge is -2.28. The molecule has 1 aliphatic rings. The third kappa shape index (κ3) is 3.83. The molecule has 7 heteroatoms. The second kappa shape index (κ2) is 8.61. The van der Waals surface area contributed by atoms with Gasteiger partial charge in [-0.25, -0.2) is 0 Å². The molecule has 0 amide bonds. The summed E-state index contributed by atoms with van der Waals surface area (Å²) in [6.45, 7) is 1.18. The van der Waals surface area contributed by atoms with Crippen molar-refractivity contribution in [1.29, 1.82) is 0 Å². The Bertz CT molecular complexity index is 885. The van der Waals surface area contributed by atoms with Gasteiger partial charge in [0.1, 0.15) is 0 Å². The Hall–Kier alpha value is -2.60. The summed E-state index contributed by atoms with van der Waals surface area (Å²) in [6, 6.07) is 9.67. The minimum atomic E-state index is -0.110.